The predicted molar refractivity (Wildman–Crippen MR) is 316 cm³/mol. The predicted octanol–water partition coefficient (Wildman–Crippen LogP) is 4.39. The van der Waals surface area contributed by atoms with Crippen molar-refractivity contribution in [3.8, 4) is 16.2 Å². The zero-order valence-corrected chi connectivity index (χ0v) is 51.8. The van der Waals surface area contributed by atoms with Gasteiger partial charge in [0.25, 0.3) is 0 Å². The number of aliphatic hydroxyl groups excluding tert-OH is 1. The topological polar surface area (TPSA) is 192 Å². The number of nitrogens with one attached hydrogen (secondary N) is 2. The largest absolute Gasteiger partial charge is 0.358 e. The number of hydrogen-bond acceptors (Lipinski definition) is 16. The Morgan fingerprint density at radius 1 is 0.916 bits per heavy atom. The number of alkyl halides is 2. The van der Waals surface area contributed by atoms with Gasteiger partial charge >= 0.3 is 194 Å². The molecule has 2 amide bonds. The van der Waals surface area contributed by atoms with Gasteiger partial charge in [-0.05, 0) is 75.3 Å². The van der Waals surface area contributed by atoms with E-state index in [0.29, 0.717) is 73.0 Å². The Hall–Kier alpha value is -4.84. The number of β-amino-alcohol motifs (C(OH)–C–C–N with tert-alkyl or cyclic N) is 1. The van der Waals surface area contributed by atoms with Gasteiger partial charge in [-0.15, -0.1) is 11.3 Å². The fourth-order valence-electron chi connectivity index (χ4n) is 14.7. The van der Waals surface area contributed by atoms with Crippen LogP contribution in [0.2, 0.25) is 0 Å². The Balaban J connectivity index is 0.546. The summed E-state index contributed by atoms with van der Waals surface area (Å²) in [4.78, 5) is 47.6. The molecule has 7 fully saturated rings. The van der Waals surface area contributed by atoms with E-state index in [0.717, 1.165) is 154 Å². The summed E-state index contributed by atoms with van der Waals surface area (Å²) in [6.07, 6.45) is 11.9. The number of para-hydroxylation sites is 1. The van der Waals surface area contributed by atoms with Crippen molar-refractivity contribution in [1.82, 2.24) is 45.3 Å². The maximum Gasteiger partial charge on any atom is 0.0196 e. The first kappa shape index (κ1) is 58.5. The number of piperidine rings is 3. The molecule has 83 heavy (non-hydrogen) atoms. The van der Waals surface area contributed by atoms with Crippen molar-refractivity contribution in [3.63, 3.8) is 0 Å². The molecule has 17 nitrogen and oxygen atoms in total. The van der Waals surface area contributed by atoms with Gasteiger partial charge in [0.1, 0.15) is 12.0 Å². The van der Waals surface area contributed by atoms with Crippen LogP contribution >= 0.6 is 11.3 Å². The van der Waals surface area contributed by atoms with E-state index in [1.807, 2.05) is 81.7 Å². The molecule has 6 N–H and O–H groups in total. The molecule has 4 aromatic rings. The number of carbonyl (C=O) groups excluding carboxylic acids is 2. The van der Waals surface area contributed by atoms with E-state index in [-0.39, 0.29) is 57.9 Å². The number of benzene rings is 2. The molecule has 2 aromatic carbocycles. The van der Waals surface area contributed by atoms with Gasteiger partial charge in [-0.3, -0.25) is 9.59 Å². The number of carbonyl (C=O) groups is 2. The van der Waals surface area contributed by atoms with E-state index < -0.39 is 23.7 Å². The summed E-state index contributed by atoms with van der Waals surface area (Å²) in [5.74, 6) is 1.55. The minimum atomic E-state index is -1.16. The Kier molecular flexibility index (Phi) is 17.8. The fraction of sp³-hybridized carbons (Fsp3) is 0.619. The van der Waals surface area contributed by atoms with E-state index in [9.17, 15) is 19.8 Å². The first-order chi connectivity index (χ1) is 40.1. The summed E-state index contributed by atoms with van der Waals surface area (Å²) in [5, 5.41) is 32.5. The van der Waals surface area contributed by atoms with Crippen molar-refractivity contribution in [1.29, 1.82) is 0 Å². The number of halogens is 2. The van der Waals surface area contributed by atoms with Gasteiger partial charge in [0, 0.05) is 57.8 Å². The fourth-order valence-corrected chi connectivity index (χ4v) is 17.9. The third-order valence-electron chi connectivity index (χ3n) is 19.7. The van der Waals surface area contributed by atoms with Crippen molar-refractivity contribution >= 4 is 32.5 Å². The summed E-state index contributed by atoms with van der Waals surface area (Å²) in [5.41, 5.74) is 12.3. The zero-order valence-electron chi connectivity index (χ0n) is 48.8. The number of aromatic hydroxyl groups is 1. The van der Waals surface area contributed by atoms with Crippen molar-refractivity contribution in [2.45, 2.75) is 158 Å². The molecule has 1 saturated carbocycles. The number of rotatable bonds is 17. The van der Waals surface area contributed by atoms with E-state index in [4.69, 9.17) is 15.0 Å². The minimum Gasteiger partial charge on any atom is -0.358 e. The maximum atomic E-state index is 16.8. The van der Waals surface area contributed by atoms with E-state index >= 15 is 4.39 Å². The molecule has 8 aliphatic rings. The quantitative estimate of drug-likeness (QED) is 0.0568. The van der Waals surface area contributed by atoms with Crippen LogP contribution in [0.5, 0.6) is 5.75 Å². The summed E-state index contributed by atoms with van der Waals surface area (Å²) in [6, 6.07) is 17.6. The number of phenolic OH excluding ortho intramolecular Hbond substituents is 1. The molecule has 0 radical (unpaired) electrons. The number of thiazole rings is 1. The van der Waals surface area contributed by atoms with Crippen LogP contribution in [-0.4, -0.2) is 181 Å². The average Bonchev–Trinajstić information content (AvgIpc) is 4.39. The van der Waals surface area contributed by atoms with Gasteiger partial charge in [-0.2, -0.15) is 0 Å². The number of amides is 2. The van der Waals surface area contributed by atoms with Crippen molar-refractivity contribution in [2.24, 2.45) is 17.6 Å². The number of hydrogen-bond donors (Lipinski definition) is 5. The second-order valence-corrected chi connectivity index (χ2v) is 29.1. The van der Waals surface area contributed by atoms with Crippen LogP contribution in [-0.2, 0) is 14.3 Å². The van der Waals surface area contributed by atoms with Crippen LogP contribution in [0.25, 0.3) is 14.0 Å². The van der Waals surface area contributed by atoms with E-state index in [1.165, 1.54) is 3.58 Å². The number of aryl methyl sites for hydroxylation is 1. The number of allylic oxidation sites excluding steroid dienone is 1. The van der Waals surface area contributed by atoms with Crippen LogP contribution in [0.3, 0.4) is 0 Å². The van der Waals surface area contributed by atoms with Gasteiger partial charge in [0.2, 0.25) is 11.8 Å². The molecule has 6 saturated heterocycles. The van der Waals surface area contributed by atoms with Gasteiger partial charge < -0.3 is 34.4 Å². The number of likely N-dealkylation sites (tertiary alicyclic amines) is 4. The van der Waals surface area contributed by atoms with E-state index in [1.54, 1.807) is 22.3 Å². The van der Waals surface area contributed by atoms with Crippen molar-refractivity contribution in [3.05, 3.63) is 100 Å². The third kappa shape index (κ3) is 13.0. The SMILES string of the molecule is Cc1ncsc1-c1ccc([C@H](C)NC(=O)[C@@H]2C[C@@H](O)CN2C(=O)[C@@H](c2cc(N3CCC(CN4CCC(OC5CC(N6CCC(F)(CN7C8CCC7CN(C7=C(N)NC[I-]C(c9ccccc9O)=C7)C8)CC6)C5)CC4)CC3)no2)C(C)C)cc1. The summed E-state index contributed by atoms with van der Waals surface area (Å²) >= 11 is 1.23. The normalized spacial score (nSPS) is 27.7. The molecule has 7 aliphatic heterocycles. The zero-order chi connectivity index (χ0) is 57.5. The number of aromatic nitrogens is 2. The number of fused-ring (bicyclic) bond motifs is 2. The number of piperazine rings is 1. The van der Waals surface area contributed by atoms with Gasteiger partial charge in [0.05, 0.1) is 40.4 Å². The molecule has 9 heterocycles. The van der Waals surface area contributed by atoms with Crippen molar-refractivity contribution in [2.75, 3.05) is 81.4 Å². The molecule has 2 unspecified atom stereocenters. The first-order valence-electron chi connectivity index (χ1n) is 30.8. The number of nitrogens with zero attached hydrogens (tertiary/aromatic N) is 8. The maximum absolute atomic E-state index is 16.8. The number of aliphatic hydroxyl groups is 1. The summed E-state index contributed by atoms with van der Waals surface area (Å²) < 4.78 is 31.5. The Morgan fingerprint density at radius 2 is 1.64 bits per heavy atom. The Bertz CT molecular complexity index is 2950. The second kappa shape index (κ2) is 25.2. The summed E-state index contributed by atoms with van der Waals surface area (Å²) in [6.45, 7) is 16.8. The minimum absolute atomic E-state index is 0.0871. The molecule has 20 heteroatoms. The first-order valence-corrected chi connectivity index (χ1v) is 34.3. The number of phenols is 1. The molecule has 12 rings (SSSR count). The number of anilines is 1. The molecule has 1 aliphatic carbocycles. The van der Waals surface area contributed by atoms with Crippen LogP contribution in [0.1, 0.15) is 126 Å². The van der Waals surface area contributed by atoms with Crippen molar-refractivity contribution < 1.29 is 54.7 Å². The molecule has 2 aromatic heterocycles. The van der Waals surface area contributed by atoms with Gasteiger partial charge in [-0.1, -0.05) is 43.3 Å². The molecule has 450 valence electrons. The third-order valence-corrected chi connectivity index (χ3v) is 23.1. The Labute approximate surface area is 503 Å². The number of ether oxygens (including phenoxy) is 1. The molecule has 2 bridgehead atoms. The molecular weight excluding hydrogens is 1180 g/mol. The Morgan fingerprint density at radius 3 is 2.33 bits per heavy atom. The van der Waals surface area contributed by atoms with Gasteiger partial charge in [-0.25, -0.2) is 4.98 Å². The van der Waals surface area contributed by atoms with Crippen LogP contribution in [0.4, 0.5) is 10.2 Å². The summed E-state index contributed by atoms with van der Waals surface area (Å²) in [7, 11) is 0. The van der Waals surface area contributed by atoms with Crippen LogP contribution < -0.4 is 42.5 Å². The monoisotopic (exact) mass is 1270 g/mol. The standard InChI is InChI=1S/C63H86FIN11O6S/c1-39(2)58(62(80)75-35-48(77)29-54(75)61(79)69-40(3)43-9-11-44(12-10-43)59-41(4)68-38-83-59)56-31-57(70-82-56)73-23-15-42(16-24-73)32-71-21-17-49(18-22-71)81-50-27-47(28-50)72-25-19-63(64,20-26-72)36-76-45-13-14-46(76)34-74(33-45)53-30-52(65-37-67-60(53)66)51-7-5-6-8-55(51)78/h5-12,30-31,38-40,42,45-50,54,58,67,77-78H,13-29,32-37,66H2,1-4H3,(H,69,79)/q-1/t40-,45?,46?,47?,48+,50?,54-,58+/m0/s1. The molecular formula is C63H86FIN11O6S-. The van der Waals surface area contributed by atoms with Crippen LogP contribution in [0.15, 0.2) is 82.2 Å². The van der Waals surface area contributed by atoms with E-state index in [2.05, 4.69) is 51.3 Å². The number of nitrogens with two attached hydrogens (primary N) is 1. The second-order valence-electron chi connectivity index (χ2n) is 25.5. The van der Waals surface area contributed by atoms with Gasteiger partial charge in [0.15, 0.2) is 11.6 Å². The average molecular weight is 1270 g/mol. The smallest absolute Gasteiger partial charge is 0.0196 e. The molecule has 6 atom stereocenters. The molecule has 0 spiro atoms. The van der Waals surface area contributed by atoms with Crippen LogP contribution in [0, 0.1) is 18.8 Å².